The third-order valence-corrected chi connectivity index (χ3v) is 4.11. The summed E-state index contributed by atoms with van der Waals surface area (Å²) in [6.07, 6.45) is 5.40. The number of aliphatic hydroxyl groups excluding tert-OH is 1. The number of aromatic nitrogens is 2. The van der Waals surface area contributed by atoms with Crippen molar-refractivity contribution in [3.63, 3.8) is 0 Å². The summed E-state index contributed by atoms with van der Waals surface area (Å²) in [5.41, 5.74) is 0.786. The molecular formula is C17H20FN3O2. The minimum atomic E-state index is -0.782. The second-order valence-corrected chi connectivity index (χ2v) is 5.92. The van der Waals surface area contributed by atoms with Crippen molar-refractivity contribution in [3.05, 3.63) is 59.9 Å². The third-order valence-electron chi connectivity index (χ3n) is 4.11. The van der Waals surface area contributed by atoms with E-state index in [1.54, 1.807) is 30.6 Å². The molecule has 0 spiro atoms. The van der Waals surface area contributed by atoms with E-state index in [4.69, 9.17) is 4.74 Å². The summed E-state index contributed by atoms with van der Waals surface area (Å²) in [4.78, 5) is 10.2. The van der Waals surface area contributed by atoms with Gasteiger partial charge in [-0.1, -0.05) is 18.2 Å². The van der Waals surface area contributed by atoms with E-state index >= 15 is 0 Å². The molecule has 122 valence electrons. The second kappa shape index (κ2) is 7.12. The van der Waals surface area contributed by atoms with Gasteiger partial charge in [0.1, 0.15) is 17.7 Å². The van der Waals surface area contributed by atoms with Gasteiger partial charge in [-0.2, -0.15) is 0 Å². The summed E-state index contributed by atoms with van der Waals surface area (Å²) in [6, 6.07) is 6.63. The lowest BCUT2D eigenvalue weighted by molar-refractivity contribution is -0.134. The number of halogens is 1. The zero-order valence-electron chi connectivity index (χ0n) is 12.9. The zero-order valence-corrected chi connectivity index (χ0v) is 12.9. The molecule has 1 aromatic carbocycles. The molecule has 2 aromatic rings. The predicted octanol–water partition coefficient (Wildman–Crippen LogP) is 1.42. The van der Waals surface area contributed by atoms with E-state index in [9.17, 15) is 9.50 Å². The van der Waals surface area contributed by atoms with Crippen molar-refractivity contribution in [2.24, 2.45) is 0 Å². The first-order valence-electron chi connectivity index (χ1n) is 7.65. The Morgan fingerprint density at radius 2 is 2.04 bits per heavy atom. The van der Waals surface area contributed by atoms with Crippen molar-refractivity contribution in [2.75, 3.05) is 26.3 Å². The number of benzene rings is 1. The van der Waals surface area contributed by atoms with Crippen LogP contribution in [0.3, 0.4) is 0 Å². The summed E-state index contributed by atoms with van der Waals surface area (Å²) in [7, 11) is 0. The SMILES string of the molecule is OC[C@]1(Cc2ccccc2F)CN(Cc2cncnc2)CCO1. The van der Waals surface area contributed by atoms with Crippen LogP contribution in [0.1, 0.15) is 11.1 Å². The molecule has 1 atom stereocenters. The molecule has 6 heteroatoms. The Balaban J connectivity index is 1.72. The quantitative estimate of drug-likeness (QED) is 0.904. The first-order chi connectivity index (χ1) is 11.2. The molecular weight excluding hydrogens is 297 g/mol. The molecule has 0 aliphatic carbocycles. The maximum atomic E-state index is 13.9. The summed E-state index contributed by atoms with van der Waals surface area (Å²) < 4.78 is 19.8. The maximum absolute atomic E-state index is 13.9. The molecule has 1 aromatic heterocycles. The lowest BCUT2D eigenvalue weighted by atomic mass is 9.92. The van der Waals surface area contributed by atoms with Gasteiger partial charge in [-0.3, -0.25) is 4.90 Å². The van der Waals surface area contributed by atoms with Crippen molar-refractivity contribution < 1.29 is 14.2 Å². The fraction of sp³-hybridized carbons (Fsp3) is 0.412. The van der Waals surface area contributed by atoms with Crippen molar-refractivity contribution in [2.45, 2.75) is 18.6 Å². The number of nitrogens with zero attached hydrogens (tertiary/aromatic N) is 3. The second-order valence-electron chi connectivity index (χ2n) is 5.92. The standard InChI is InChI=1S/C17H20FN3O2/c18-16-4-2-1-3-15(16)7-17(12-22)11-21(5-6-23-17)10-14-8-19-13-20-9-14/h1-4,8-9,13,22H,5-7,10-12H2/t17-/m0/s1. The van der Waals surface area contributed by atoms with Gasteiger partial charge in [-0.15, -0.1) is 0 Å². The fourth-order valence-electron chi connectivity index (χ4n) is 2.98. The molecule has 0 saturated carbocycles. The summed E-state index contributed by atoms with van der Waals surface area (Å²) >= 11 is 0. The minimum Gasteiger partial charge on any atom is -0.393 e. The van der Waals surface area contributed by atoms with Gasteiger partial charge < -0.3 is 9.84 Å². The first-order valence-corrected chi connectivity index (χ1v) is 7.65. The number of hydrogen-bond donors (Lipinski definition) is 1. The maximum Gasteiger partial charge on any atom is 0.126 e. The van der Waals surface area contributed by atoms with Crippen molar-refractivity contribution in [3.8, 4) is 0 Å². The highest BCUT2D eigenvalue weighted by Crippen LogP contribution is 2.25. The first kappa shape index (κ1) is 16.0. The van der Waals surface area contributed by atoms with Crippen LogP contribution < -0.4 is 0 Å². The van der Waals surface area contributed by atoms with E-state index in [0.29, 0.717) is 31.7 Å². The number of aliphatic hydroxyl groups is 1. The Kier molecular flexibility index (Phi) is 4.95. The molecule has 0 radical (unpaired) electrons. The molecule has 1 aliphatic rings. The minimum absolute atomic E-state index is 0.150. The average molecular weight is 317 g/mol. The molecule has 0 bridgehead atoms. The van der Waals surface area contributed by atoms with Gasteiger partial charge in [0.15, 0.2) is 0 Å². The molecule has 0 amide bonds. The van der Waals surface area contributed by atoms with E-state index in [2.05, 4.69) is 14.9 Å². The van der Waals surface area contributed by atoms with Gasteiger partial charge in [0.2, 0.25) is 0 Å². The third kappa shape index (κ3) is 3.90. The normalized spacial score (nSPS) is 22.2. The van der Waals surface area contributed by atoms with Crippen LogP contribution >= 0.6 is 0 Å². The molecule has 5 nitrogen and oxygen atoms in total. The van der Waals surface area contributed by atoms with Crippen LogP contribution in [0.4, 0.5) is 4.39 Å². The van der Waals surface area contributed by atoms with Gasteiger partial charge in [0.05, 0.1) is 13.2 Å². The van der Waals surface area contributed by atoms with Gasteiger partial charge in [0.25, 0.3) is 0 Å². The molecule has 3 rings (SSSR count). The molecule has 2 heterocycles. The van der Waals surface area contributed by atoms with Crippen LogP contribution in [-0.4, -0.2) is 51.9 Å². The lowest BCUT2D eigenvalue weighted by Crippen LogP contribution is -2.55. The van der Waals surface area contributed by atoms with E-state index in [1.165, 1.54) is 12.4 Å². The van der Waals surface area contributed by atoms with Gasteiger partial charge >= 0.3 is 0 Å². The largest absolute Gasteiger partial charge is 0.393 e. The van der Waals surface area contributed by atoms with Gasteiger partial charge in [0, 0.05) is 44.0 Å². The molecule has 1 fully saturated rings. The van der Waals surface area contributed by atoms with Gasteiger partial charge in [-0.25, -0.2) is 14.4 Å². The summed E-state index contributed by atoms with van der Waals surface area (Å²) in [5, 5.41) is 9.88. The molecule has 1 aliphatic heterocycles. The van der Waals surface area contributed by atoms with Crippen LogP contribution in [0.2, 0.25) is 0 Å². The molecule has 23 heavy (non-hydrogen) atoms. The highest BCUT2D eigenvalue weighted by molar-refractivity contribution is 5.20. The fourth-order valence-corrected chi connectivity index (χ4v) is 2.98. The average Bonchev–Trinajstić information content (AvgIpc) is 2.58. The molecule has 0 unspecified atom stereocenters. The smallest absolute Gasteiger partial charge is 0.126 e. The number of rotatable bonds is 5. The van der Waals surface area contributed by atoms with Crippen molar-refractivity contribution in [1.29, 1.82) is 0 Å². The van der Waals surface area contributed by atoms with Crippen molar-refractivity contribution >= 4 is 0 Å². The van der Waals surface area contributed by atoms with Crippen LogP contribution in [0.15, 0.2) is 43.0 Å². The Hall–Kier alpha value is -1.89. The molecule has 1 saturated heterocycles. The Morgan fingerprint density at radius 1 is 1.26 bits per heavy atom. The highest BCUT2D eigenvalue weighted by atomic mass is 19.1. The van der Waals surface area contributed by atoms with Crippen LogP contribution in [0.25, 0.3) is 0 Å². The number of hydrogen-bond acceptors (Lipinski definition) is 5. The summed E-state index contributed by atoms with van der Waals surface area (Å²) in [5.74, 6) is -0.266. The van der Waals surface area contributed by atoms with Crippen LogP contribution in [-0.2, 0) is 17.7 Å². The molecule has 1 N–H and O–H groups in total. The van der Waals surface area contributed by atoms with Crippen molar-refractivity contribution in [1.82, 2.24) is 14.9 Å². The number of ether oxygens (including phenoxy) is 1. The lowest BCUT2D eigenvalue weighted by Gasteiger charge is -2.42. The van der Waals surface area contributed by atoms with Gasteiger partial charge in [-0.05, 0) is 11.6 Å². The monoisotopic (exact) mass is 317 g/mol. The Bertz CT molecular complexity index is 641. The van der Waals surface area contributed by atoms with E-state index in [1.807, 2.05) is 0 Å². The predicted molar refractivity (Wildman–Crippen MR) is 83.2 cm³/mol. The Labute approximate surface area is 134 Å². The Morgan fingerprint density at radius 3 is 2.78 bits per heavy atom. The number of morpholine rings is 1. The summed E-state index contributed by atoms with van der Waals surface area (Å²) in [6.45, 7) is 2.33. The van der Waals surface area contributed by atoms with E-state index in [0.717, 1.165) is 12.1 Å². The zero-order chi connectivity index (χ0) is 16.1. The van der Waals surface area contributed by atoms with E-state index < -0.39 is 5.60 Å². The highest BCUT2D eigenvalue weighted by Gasteiger charge is 2.37. The van der Waals surface area contributed by atoms with Crippen LogP contribution in [0.5, 0.6) is 0 Å². The van der Waals surface area contributed by atoms with Crippen LogP contribution in [0, 0.1) is 5.82 Å². The topological polar surface area (TPSA) is 58.5 Å². The van der Waals surface area contributed by atoms with E-state index in [-0.39, 0.29) is 12.4 Å².